The SMILES string of the molecule is CCC(CNC(=O)NCCc1ccncc1)CC(=O)O. The first kappa shape index (κ1) is 15.9. The van der Waals surface area contributed by atoms with Gasteiger partial charge >= 0.3 is 12.0 Å². The van der Waals surface area contributed by atoms with E-state index in [4.69, 9.17) is 5.11 Å². The Balaban J connectivity index is 2.18. The number of hydrogen-bond acceptors (Lipinski definition) is 3. The van der Waals surface area contributed by atoms with Crippen LogP contribution in [0.25, 0.3) is 0 Å². The molecule has 20 heavy (non-hydrogen) atoms. The number of pyridine rings is 1. The number of carbonyl (C=O) groups is 2. The van der Waals surface area contributed by atoms with Gasteiger partial charge < -0.3 is 15.7 Å². The fourth-order valence-corrected chi connectivity index (χ4v) is 1.78. The second-order valence-corrected chi connectivity index (χ2v) is 4.61. The molecule has 1 aromatic heterocycles. The van der Waals surface area contributed by atoms with Crippen molar-refractivity contribution in [1.82, 2.24) is 15.6 Å². The first-order valence-corrected chi connectivity index (χ1v) is 6.74. The lowest BCUT2D eigenvalue weighted by Gasteiger charge is -2.14. The summed E-state index contributed by atoms with van der Waals surface area (Å²) in [5.41, 5.74) is 1.11. The molecule has 0 saturated heterocycles. The summed E-state index contributed by atoms with van der Waals surface area (Å²) in [6.45, 7) is 2.83. The zero-order chi connectivity index (χ0) is 14.8. The monoisotopic (exact) mass is 279 g/mol. The summed E-state index contributed by atoms with van der Waals surface area (Å²) in [5, 5.41) is 14.2. The summed E-state index contributed by atoms with van der Waals surface area (Å²) in [4.78, 5) is 26.1. The van der Waals surface area contributed by atoms with Gasteiger partial charge in [-0.1, -0.05) is 13.3 Å². The minimum absolute atomic E-state index is 0.0292. The van der Waals surface area contributed by atoms with Gasteiger partial charge in [-0.3, -0.25) is 9.78 Å². The first-order valence-electron chi connectivity index (χ1n) is 6.74. The maximum Gasteiger partial charge on any atom is 0.314 e. The Hall–Kier alpha value is -2.11. The van der Waals surface area contributed by atoms with Crippen LogP contribution in [0.5, 0.6) is 0 Å². The Kier molecular flexibility index (Phi) is 7.10. The second-order valence-electron chi connectivity index (χ2n) is 4.61. The van der Waals surface area contributed by atoms with Crippen LogP contribution in [-0.4, -0.2) is 35.2 Å². The molecule has 110 valence electrons. The highest BCUT2D eigenvalue weighted by molar-refractivity contribution is 5.74. The van der Waals surface area contributed by atoms with E-state index in [0.717, 1.165) is 18.4 Å². The lowest BCUT2D eigenvalue weighted by molar-refractivity contribution is -0.138. The van der Waals surface area contributed by atoms with Gasteiger partial charge in [0.25, 0.3) is 0 Å². The molecule has 1 rings (SSSR count). The number of nitrogens with one attached hydrogen (secondary N) is 2. The normalized spacial score (nSPS) is 11.7. The fourth-order valence-electron chi connectivity index (χ4n) is 1.78. The summed E-state index contributed by atoms with van der Waals surface area (Å²) in [5.74, 6) is -0.866. The molecular formula is C14H21N3O3. The molecule has 1 atom stereocenters. The number of rotatable bonds is 8. The van der Waals surface area contributed by atoms with Crippen LogP contribution in [0.4, 0.5) is 4.79 Å². The Labute approximate surface area is 118 Å². The van der Waals surface area contributed by atoms with Crippen molar-refractivity contribution in [2.75, 3.05) is 13.1 Å². The lowest BCUT2D eigenvalue weighted by atomic mass is 10.0. The highest BCUT2D eigenvalue weighted by Crippen LogP contribution is 2.06. The van der Waals surface area contributed by atoms with Crippen LogP contribution in [0.2, 0.25) is 0 Å². The van der Waals surface area contributed by atoms with E-state index in [0.29, 0.717) is 13.1 Å². The first-order chi connectivity index (χ1) is 9.61. The van der Waals surface area contributed by atoms with E-state index in [9.17, 15) is 9.59 Å². The van der Waals surface area contributed by atoms with E-state index in [1.54, 1.807) is 12.4 Å². The van der Waals surface area contributed by atoms with E-state index < -0.39 is 5.97 Å². The highest BCUT2D eigenvalue weighted by Gasteiger charge is 2.12. The number of carboxylic acid groups (broad SMARTS) is 1. The van der Waals surface area contributed by atoms with Crippen LogP contribution in [0.15, 0.2) is 24.5 Å². The van der Waals surface area contributed by atoms with E-state index >= 15 is 0 Å². The Bertz CT molecular complexity index is 423. The lowest BCUT2D eigenvalue weighted by Crippen LogP contribution is -2.39. The van der Waals surface area contributed by atoms with Crippen molar-refractivity contribution in [3.05, 3.63) is 30.1 Å². The molecule has 2 amide bonds. The summed E-state index contributed by atoms with van der Waals surface area (Å²) >= 11 is 0. The second kappa shape index (κ2) is 8.90. The fraction of sp³-hybridized carbons (Fsp3) is 0.500. The van der Waals surface area contributed by atoms with Crippen LogP contribution < -0.4 is 10.6 Å². The highest BCUT2D eigenvalue weighted by atomic mass is 16.4. The van der Waals surface area contributed by atoms with E-state index in [2.05, 4.69) is 15.6 Å². The summed E-state index contributed by atoms with van der Waals surface area (Å²) in [7, 11) is 0. The molecule has 6 heteroatoms. The third kappa shape index (κ3) is 6.72. The van der Waals surface area contributed by atoms with Gasteiger partial charge in [-0.2, -0.15) is 0 Å². The molecule has 0 saturated carbocycles. The maximum absolute atomic E-state index is 11.6. The van der Waals surface area contributed by atoms with Gasteiger partial charge in [-0.25, -0.2) is 4.79 Å². The van der Waals surface area contributed by atoms with Crippen LogP contribution >= 0.6 is 0 Å². The minimum atomic E-state index is -0.836. The zero-order valence-electron chi connectivity index (χ0n) is 11.6. The molecule has 6 nitrogen and oxygen atoms in total. The van der Waals surface area contributed by atoms with Gasteiger partial charge in [0.2, 0.25) is 0 Å². The molecule has 1 aromatic rings. The van der Waals surface area contributed by atoms with Crippen LogP contribution in [0.3, 0.4) is 0 Å². The van der Waals surface area contributed by atoms with Gasteiger partial charge in [0, 0.05) is 31.9 Å². The third-order valence-electron chi connectivity index (χ3n) is 3.04. The number of hydrogen-bond donors (Lipinski definition) is 3. The number of urea groups is 1. The average Bonchev–Trinajstić information content (AvgIpc) is 2.44. The minimum Gasteiger partial charge on any atom is -0.481 e. The molecule has 0 aromatic carbocycles. The number of carbonyl (C=O) groups excluding carboxylic acids is 1. The van der Waals surface area contributed by atoms with E-state index in [1.807, 2.05) is 19.1 Å². The molecule has 0 fully saturated rings. The topological polar surface area (TPSA) is 91.3 Å². The Morgan fingerprint density at radius 1 is 1.30 bits per heavy atom. The largest absolute Gasteiger partial charge is 0.481 e. The van der Waals surface area contributed by atoms with E-state index in [-0.39, 0.29) is 18.4 Å². The van der Waals surface area contributed by atoms with Crippen molar-refractivity contribution in [2.45, 2.75) is 26.2 Å². The van der Waals surface area contributed by atoms with Crippen molar-refractivity contribution >= 4 is 12.0 Å². The Morgan fingerprint density at radius 3 is 2.60 bits per heavy atom. The molecule has 3 N–H and O–H groups in total. The molecular weight excluding hydrogens is 258 g/mol. The number of aliphatic carboxylic acids is 1. The van der Waals surface area contributed by atoms with E-state index in [1.165, 1.54) is 0 Å². The van der Waals surface area contributed by atoms with Crippen molar-refractivity contribution in [1.29, 1.82) is 0 Å². The van der Waals surface area contributed by atoms with Crippen LogP contribution in [0, 0.1) is 5.92 Å². The number of carboxylic acids is 1. The smallest absolute Gasteiger partial charge is 0.314 e. The maximum atomic E-state index is 11.6. The molecule has 0 radical (unpaired) electrons. The van der Waals surface area contributed by atoms with Crippen molar-refractivity contribution in [2.24, 2.45) is 5.92 Å². The van der Waals surface area contributed by atoms with Crippen LogP contribution in [-0.2, 0) is 11.2 Å². The average molecular weight is 279 g/mol. The predicted molar refractivity (Wildman–Crippen MR) is 75.4 cm³/mol. The Morgan fingerprint density at radius 2 is 2.00 bits per heavy atom. The third-order valence-corrected chi connectivity index (χ3v) is 3.04. The molecule has 0 aliphatic rings. The van der Waals surface area contributed by atoms with Crippen LogP contribution in [0.1, 0.15) is 25.3 Å². The van der Waals surface area contributed by atoms with Gasteiger partial charge in [-0.05, 0) is 30.0 Å². The summed E-state index contributed by atoms with van der Waals surface area (Å²) in [6, 6.07) is 3.54. The standard InChI is InChI=1S/C14H21N3O3/c1-2-11(9-13(18)19)10-17-14(20)16-8-5-12-3-6-15-7-4-12/h3-4,6-7,11H,2,5,8-10H2,1H3,(H,18,19)(H2,16,17,20). The van der Waals surface area contributed by atoms with Crippen molar-refractivity contribution in [3.8, 4) is 0 Å². The van der Waals surface area contributed by atoms with Gasteiger partial charge in [0.05, 0.1) is 0 Å². The summed E-state index contributed by atoms with van der Waals surface area (Å²) in [6.07, 6.45) is 4.97. The van der Waals surface area contributed by atoms with Gasteiger partial charge in [0.15, 0.2) is 0 Å². The van der Waals surface area contributed by atoms with Crippen molar-refractivity contribution in [3.63, 3.8) is 0 Å². The molecule has 0 aliphatic carbocycles. The van der Waals surface area contributed by atoms with Gasteiger partial charge in [0.1, 0.15) is 0 Å². The quantitative estimate of drug-likeness (QED) is 0.671. The number of amides is 2. The molecule has 0 spiro atoms. The molecule has 0 bridgehead atoms. The zero-order valence-corrected chi connectivity index (χ0v) is 11.6. The predicted octanol–water partition coefficient (Wildman–Crippen LogP) is 1.42. The molecule has 0 aliphatic heterocycles. The molecule has 1 heterocycles. The van der Waals surface area contributed by atoms with Gasteiger partial charge in [-0.15, -0.1) is 0 Å². The number of nitrogens with zero attached hydrogens (tertiary/aromatic N) is 1. The molecule has 1 unspecified atom stereocenters. The summed E-state index contributed by atoms with van der Waals surface area (Å²) < 4.78 is 0. The number of aromatic nitrogens is 1. The van der Waals surface area contributed by atoms with Crippen molar-refractivity contribution < 1.29 is 14.7 Å².